The van der Waals surface area contributed by atoms with Crippen molar-refractivity contribution in [3.8, 4) is 0 Å². The van der Waals surface area contributed by atoms with E-state index in [1.54, 1.807) is 61.1 Å². The van der Waals surface area contributed by atoms with Gasteiger partial charge in [-0.05, 0) is 47.5 Å². The number of nitrogens with one attached hydrogen (secondary N) is 2. The molecule has 2 N–H and O–H groups in total. The van der Waals surface area contributed by atoms with Crippen LogP contribution in [-0.4, -0.2) is 16.8 Å². The third kappa shape index (κ3) is 5.17. The number of pyridine rings is 1. The Bertz CT molecular complexity index is 1220. The molecule has 0 atom stereocenters. The Morgan fingerprint density at radius 2 is 1.72 bits per heavy atom. The van der Waals surface area contributed by atoms with E-state index < -0.39 is 0 Å². The monoisotopic (exact) mass is 423 g/mol. The molecule has 32 heavy (non-hydrogen) atoms. The largest absolute Gasteiger partial charge is 0.465 e. The minimum atomic E-state index is -0.347. The van der Waals surface area contributed by atoms with Crippen LogP contribution in [0.4, 0.5) is 5.69 Å². The second kappa shape index (κ2) is 10.0. The van der Waals surface area contributed by atoms with E-state index in [2.05, 4.69) is 15.6 Å². The van der Waals surface area contributed by atoms with Crippen molar-refractivity contribution in [2.24, 2.45) is 0 Å². The van der Waals surface area contributed by atoms with Crippen molar-refractivity contribution in [1.29, 1.82) is 0 Å². The molecule has 0 radical (unpaired) electrons. The predicted octanol–water partition coefficient (Wildman–Crippen LogP) is 4.78. The topological polar surface area (TPSA) is 84.2 Å². The third-order valence-corrected chi connectivity index (χ3v) is 4.75. The number of para-hydroxylation sites is 1. The third-order valence-electron chi connectivity index (χ3n) is 4.75. The van der Waals surface area contributed by atoms with Gasteiger partial charge < -0.3 is 15.1 Å². The molecule has 0 aliphatic rings. The summed E-state index contributed by atoms with van der Waals surface area (Å²) in [7, 11) is 0. The van der Waals surface area contributed by atoms with Gasteiger partial charge in [-0.2, -0.15) is 0 Å². The van der Waals surface area contributed by atoms with Gasteiger partial charge >= 0.3 is 0 Å². The summed E-state index contributed by atoms with van der Waals surface area (Å²) in [5, 5.41) is 5.74. The number of benzene rings is 2. The van der Waals surface area contributed by atoms with Crippen LogP contribution >= 0.6 is 0 Å². The first-order valence-corrected chi connectivity index (χ1v) is 10.1. The smallest absolute Gasteiger partial charge is 0.256 e. The number of nitrogens with zero attached hydrogens (tertiary/aromatic N) is 1. The quantitative estimate of drug-likeness (QED) is 0.419. The molecule has 2 aromatic heterocycles. The molecule has 4 rings (SSSR count). The van der Waals surface area contributed by atoms with Crippen LogP contribution in [0.25, 0.3) is 11.6 Å². The summed E-state index contributed by atoms with van der Waals surface area (Å²) >= 11 is 0. The molecule has 0 saturated carbocycles. The Labute approximate surface area is 185 Å². The van der Waals surface area contributed by atoms with Gasteiger partial charge in [-0.1, -0.05) is 48.5 Å². The molecular formula is C26H21N3O3. The van der Waals surface area contributed by atoms with Crippen LogP contribution in [0.5, 0.6) is 0 Å². The highest BCUT2D eigenvalue weighted by molar-refractivity contribution is 6.29. The number of anilines is 1. The maximum absolute atomic E-state index is 13.2. The molecule has 0 fully saturated rings. The van der Waals surface area contributed by atoms with Gasteiger partial charge in [0.15, 0.2) is 0 Å². The van der Waals surface area contributed by atoms with Gasteiger partial charge in [0, 0.05) is 18.9 Å². The fourth-order valence-electron chi connectivity index (χ4n) is 3.17. The lowest BCUT2D eigenvalue weighted by Gasteiger charge is -2.13. The van der Waals surface area contributed by atoms with E-state index >= 15 is 0 Å². The summed E-state index contributed by atoms with van der Waals surface area (Å²) in [6.45, 7) is 0.336. The Balaban J connectivity index is 1.56. The van der Waals surface area contributed by atoms with E-state index in [0.29, 0.717) is 29.1 Å². The van der Waals surface area contributed by atoms with Crippen molar-refractivity contribution >= 4 is 29.2 Å². The maximum Gasteiger partial charge on any atom is 0.256 e. The molecule has 0 aliphatic heterocycles. The average Bonchev–Trinajstić information content (AvgIpc) is 3.36. The number of furan rings is 1. The molecule has 158 valence electrons. The van der Waals surface area contributed by atoms with E-state index in [1.807, 2.05) is 42.5 Å². The average molecular weight is 423 g/mol. The van der Waals surface area contributed by atoms with E-state index in [-0.39, 0.29) is 11.8 Å². The Kier molecular flexibility index (Phi) is 6.53. The van der Waals surface area contributed by atoms with E-state index in [9.17, 15) is 9.59 Å². The molecule has 0 unspecified atom stereocenters. The minimum absolute atomic E-state index is 0.291. The van der Waals surface area contributed by atoms with Crippen LogP contribution in [0.15, 0.2) is 102 Å². The van der Waals surface area contributed by atoms with Gasteiger partial charge in [-0.15, -0.1) is 0 Å². The molecule has 0 aliphatic carbocycles. The number of aromatic nitrogens is 1. The number of hydrogen-bond donors (Lipinski definition) is 2. The van der Waals surface area contributed by atoms with Crippen LogP contribution in [-0.2, 0) is 11.3 Å². The minimum Gasteiger partial charge on any atom is -0.465 e. The Hall–Kier alpha value is -4.45. The number of carbonyl (C=O) groups is 2. The van der Waals surface area contributed by atoms with Gasteiger partial charge in [-0.3, -0.25) is 14.6 Å². The number of rotatable bonds is 7. The second-order valence-corrected chi connectivity index (χ2v) is 6.98. The standard InChI is InChI=1S/C26H21N3O3/c30-25(28-18-19-8-6-14-27-17-19)22-12-4-5-13-24(22)29-26(31)23(16-21-11-7-15-32-21)20-9-2-1-3-10-20/h1-17H,18H2,(H,28,30)(H,29,31)/b23-16+. The van der Waals surface area contributed by atoms with Crippen LogP contribution in [0.2, 0.25) is 0 Å². The maximum atomic E-state index is 13.2. The molecule has 0 saturated heterocycles. The summed E-state index contributed by atoms with van der Waals surface area (Å²) in [6.07, 6.45) is 6.60. The van der Waals surface area contributed by atoms with Gasteiger partial charge in [0.05, 0.1) is 23.1 Å². The highest BCUT2D eigenvalue weighted by atomic mass is 16.3. The van der Waals surface area contributed by atoms with Crippen molar-refractivity contribution in [2.45, 2.75) is 6.54 Å². The lowest BCUT2D eigenvalue weighted by atomic mass is 10.0. The van der Waals surface area contributed by atoms with Crippen LogP contribution in [0, 0.1) is 0 Å². The van der Waals surface area contributed by atoms with E-state index in [0.717, 1.165) is 11.1 Å². The molecule has 0 spiro atoms. The number of carbonyl (C=O) groups excluding carboxylic acids is 2. The Morgan fingerprint density at radius 1 is 0.906 bits per heavy atom. The Morgan fingerprint density at radius 3 is 2.47 bits per heavy atom. The van der Waals surface area contributed by atoms with E-state index in [1.165, 1.54) is 0 Å². The van der Waals surface area contributed by atoms with Gasteiger partial charge in [0.25, 0.3) is 11.8 Å². The van der Waals surface area contributed by atoms with Gasteiger partial charge in [0.1, 0.15) is 5.76 Å². The summed E-state index contributed by atoms with van der Waals surface area (Å²) in [5.41, 5.74) is 2.83. The summed E-state index contributed by atoms with van der Waals surface area (Å²) in [6, 6.07) is 23.4. The summed E-state index contributed by atoms with van der Waals surface area (Å²) in [5.74, 6) is -0.0809. The fourth-order valence-corrected chi connectivity index (χ4v) is 3.17. The zero-order valence-corrected chi connectivity index (χ0v) is 17.2. The first kappa shape index (κ1) is 20.8. The SMILES string of the molecule is O=C(Nc1ccccc1C(=O)NCc1cccnc1)/C(=C/c1ccco1)c1ccccc1. The number of hydrogen-bond acceptors (Lipinski definition) is 4. The lowest BCUT2D eigenvalue weighted by Crippen LogP contribution is -2.25. The predicted molar refractivity (Wildman–Crippen MR) is 123 cm³/mol. The molecular weight excluding hydrogens is 402 g/mol. The normalized spacial score (nSPS) is 11.1. The fraction of sp³-hybridized carbons (Fsp3) is 0.0385. The molecule has 4 aromatic rings. The zero-order valence-electron chi connectivity index (χ0n) is 17.2. The van der Waals surface area contributed by atoms with Crippen LogP contribution < -0.4 is 10.6 Å². The summed E-state index contributed by atoms with van der Waals surface area (Å²) < 4.78 is 5.40. The molecule has 2 amide bonds. The first-order valence-electron chi connectivity index (χ1n) is 10.1. The van der Waals surface area contributed by atoms with Gasteiger partial charge in [0.2, 0.25) is 0 Å². The second-order valence-electron chi connectivity index (χ2n) is 6.98. The first-order chi connectivity index (χ1) is 15.7. The van der Waals surface area contributed by atoms with Gasteiger partial charge in [-0.25, -0.2) is 0 Å². The zero-order chi connectivity index (χ0) is 22.2. The molecule has 6 nitrogen and oxygen atoms in total. The molecule has 2 aromatic carbocycles. The van der Waals surface area contributed by atoms with Crippen LogP contribution in [0.3, 0.4) is 0 Å². The number of amides is 2. The van der Waals surface area contributed by atoms with Crippen molar-refractivity contribution in [3.63, 3.8) is 0 Å². The van der Waals surface area contributed by atoms with Crippen molar-refractivity contribution < 1.29 is 14.0 Å². The lowest BCUT2D eigenvalue weighted by molar-refractivity contribution is -0.111. The highest BCUT2D eigenvalue weighted by Crippen LogP contribution is 2.22. The molecule has 0 bridgehead atoms. The van der Waals surface area contributed by atoms with Crippen LogP contribution in [0.1, 0.15) is 27.2 Å². The van der Waals surface area contributed by atoms with Crippen molar-refractivity contribution in [2.75, 3.05) is 5.32 Å². The summed E-state index contributed by atoms with van der Waals surface area (Å²) in [4.78, 5) is 30.1. The van der Waals surface area contributed by atoms with Crippen molar-refractivity contribution in [3.05, 3.63) is 120 Å². The molecule has 6 heteroatoms. The van der Waals surface area contributed by atoms with Crippen molar-refractivity contribution in [1.82, 2.24) is 10.3 Å². The van der Waals surface area contributed by atoms with E-state index in [4.69, 9.17) is 4.42 Å². The molecule has 2 heterocycles. The highest BCUT2D eigenvalue weighted by Gasteiger charge is 2.17.